The van der Waals surface area contributed by atoms with Crippen LogP contribution < -0.4 is 5.32 Å². The highest BCUT2D eigenvalue weighted by atomic mass is 16.4. The predicted octanol–water partition coefficient (Wildman–Crippen LogP) is 2.45. The van der Waals surface area contributed by atoms with Crippen molar-refractivity contribution in [1.29, 1.82) is 0 Å². The quantitative estimate of drug-likeness (QED) is 0.817. The molecule has 0 heterocycles. The van der Waals surface area contributed by atoms with Crippen LogP contribution in [0.1, 0.15) is 41.2 Å². The van der Waals surface area contributed by atoms with E-state index in [1.54, 1.807) is 12.1 Å². The highest BCUT2D eigenvalue weighted by Gasteiger charge is 2.27. The summed E-state index contributed by atoms with van der Waals surface area (Å²) in [7, 11) is 1.94. The molecule has 0 amide bonds. The lowest BCUT2D eigenvalue weighted by molar-refractivity contribution is 0.0696. The van der Waals surface area contributed by atoms with Crippen LogP contribution in [0.5, 0.6) is 0 Å². The van der Waals surface area contributed by atoms with Gasteiger partial charge in [-0.15, -0.1) is 0 Å². The Kier molecular flexibility index (Phi) is 3.25. The Balaban J connectivity index is 2.23. The number of hydrogen-bond acceptors (Lipinski definition) is 2. The monoisotopic (exact) mass is 219 g/mol. The minimum absolute atomic E-state index is 0.299. The number of carboxylic acid groups (broad SMARTS) is 1. The lowest BCUT2D eigenvalue weighted by Crippen LogP contribution is -2.29. The lowest BCUT2D eigenvalue weighted by atomic mass is 9.77. The number of hydrogen-bond donors (Lipinski definition) is 2. The smallest absolute Gasteiger partial charge is 0.335 e. The third kappa shape index (κ3) is 2.09. The third-order valence-electron chi connectivity index (χ3n) is 3.42. The van der Waals surface area contributed by atoms with Crippen molar-refractivity contribution in [3.63, 3.8) is 0 Å². The summed E-state index contributed by atoms with van der Waals surface area (Å²) in [5.41, 5.74) is 1.46. The van der Waals surface area contributed by atoms with E-state index in [1.807, 2.05) is 19.2 Å². The van der Waals surface area contributed by atoms with Crippen LogP contribution in [0.25, 0.3) is 0 Å². The molecule has 0 aromatic heterocycles. The van der Waals surface area contributed by atoms with Gasteiger partial charge in [0.05, 0.1) is 5.56 Å². The number of aromatic carboxylic acids is 1. The molecule has 1 aliphatic rings. The Hall–Kier alpha value is -1.35. The molecule has 1 fully saturated rings. The summed E-state index contributed by atoms with van der Waals surface area (Å²) < 4.78 is 0. The summed E-state index contributed by atoms with van der Waals surface area (Å²) in [6, 6.07) is 7.54. The molecule has 1 aromatic carbocycles. The minimum atomic E-state index is -0.856. The van der Waals surface area contributed by atoms with E-state index in [0.29, 0.717) is 17.5 Å². The van der Waals surface area contributed by atoms with E-state index in [4.69, 9.17) is 5.11 Å². The van der Waals surface area contributed by atoms with E-state index < -0.39 is 5.97 Å². The van der Waals surface area contributed by atoms with Crippen molar-refractivity contribution >= 4 is 5.97 Å². The standard InChI is InChI=1S/C13H17NO2/c1-14-12(9-4-2-5-9)10-6-3-7-11(8-10)13(15)16/h3,6-9,12,14H,2,4-5H2,1H3,(H,15,16). The van der Waals surface area contributed by atoms with Crippen molar-refractivity contribution in [2.45, 2.75) is 25.3 Å². The summed E-state index contributed by atoms with van der Waals surface area (Å²) in [6.45, 7) is 0. The fourth-order valence-electron chi connectivity index (χ4n) is 2.31. The van der Waals surface area contributed by atoms with Gasteiger partial charge in [-0.25, -0.2) is 4.79 Å². The highest BCUT2D eigenvalue weighted by molar-refractivity contribution is 5.87. The fourth-order valence-corrected chi connectivity index (χ4v) is 2.31. The molecule has 0 radical (unpaired) electrons. The van der Waals surface area contributed by atoms with Crippen LogP contribution in [0.2, 0.25) is 0 Å². The van der Waals surface area contributed by atoms with Crippen LogP contribution in [-0.4, -0.2) is 18.1 Å². The van der Waals surface area contributed by atoms with Gasteiger partial charge in [0.1, 0.15) is 0 Å². The second kappa shape index (κ2) is 4.66. The van der Waals surface area contributed by atoms with Gasteiger partial charge in [-0.3, -0.25) is 0 Å². The van der Waals surface area contributed by atoms with E-state index in [2.05, 4.69) is 5.32 Å². The van der Waals surface area contributed by atoms with Gasteiger partial charge in [-0.2, -0.15) is 0 Å². The average molecular weight is 219 g/mol. The topological polar surface area (TPSA) is 49.3 Å². The van der Waals surface area contributed by atoms with Gasteiger partial charge in [0.15, 0.2) is 0 Å². The molecule has 3 nitrogen and oxygen atoms in total. The fraction of sp³-hybridized carbons (Fsp3) is 0.462. The first-order valence-corrected chi connectivity index (χ1v) is 5.73. The molecule has 16 heavy (non-hydrogen) atoms. The molecule has 2 N–H and O–H groups in total. The van der Waals surface area contributed by atoms with Crippen LogP contribution in [-0.2, 0) is 0 Å². The summed E-state index contributed by atoms with van der Waals surface area (Å²) >= 11 is 0. The maximum atomic E-state index is 10.9. The highest BCUT2D eigenvalue weighted by Crippen LogP contribution is 2.37. The normalized spacial score (nSPS) is 17.8. The van der Waals surface area contributed by atoms with Crippen LogP contribution in [0.4, 0.5) is 0 Å². The van der Waals surface area contributed by atoms with Crippen molar-refractivity contribution in [1.82, 2.24) is 5.32 Å². The Morgan fingerprint density at radius 1 is 1.50 bits per heavy atom. The van der Waals surface area contributed by atoms with Gasteiger partial charge in [-0.1, -0.05) is 18.6 Å². The van der Waals surface area contributed by atoms with Crippen LogP contribution in [0.3, 0.4) is 0 Å². The number of carbonyl (C=O) groups is 1. The predicted molar refractivity (Wildman–Crippen MR) is 62.5 cm³/mol. The zero-order chi connectivity index (χ0) is 11.5. The number of nitrogens with one attached hydrogen (secondary N) is 1. The summed E-state index contributed by atoms with van der Waals surface area (Å²) in [6.07, 6.45) is 3.77. The first-order chi connectivity index (χ1) is 7.72. The Labute approximate surface area is 95.5 Å². The molecule has 0 spiro atoms. The Morgan fingerprint density at radius 3 is 2.75 bits per heavy atom. The summed E-state index contributed by atoms with van der Waals surface area (Å²) in [5.74, 6) is -0.195. The largest absolute Gasteiger partial charge is 0.478 e. The van der Waals surface area contributed by atoms with Gasteiger partial charge in [0, 0.05) is 6.04 Å². The second-order valence-electron chi connectivity index (χ2n) is 4.39. The molecule has 1 aromatic rings. The molecule has 0 saturated heterocycles. The minimum Gasteiger partial charge on any atom is -0.478 e. The maximum Gasteiger partial charge on any atom is 0.335 e. The number of carboxylic acids is 1. The van der Waals surface area contributed by atoms with E-state index >= 15 is 0 Å². The van der Waals surface area contributed by atoms with Gasteiger partial charge >= 0.3 is 5.97 Å². The zero-order valence-electron chi connectivity index (χ0n) is 9.44. The van der Waals surface area contributed by atoms with Gasteiger partial charge in [0.25, 0.3) is 0 Å². The molecular formula is C13H17NO2. The molecule has 1 atom stereocenters. The SMILES string of the molecule is CNC(c1cccc(C(=O)O)c1)C1CCC1. The molecule has 0 aliphatic heterocycles. The third-order valence-corrected chi connectivity index (χ3v) is 3.42. The molecule has 0 bridgehead atoms. The van der Waals surface area contributed by atoms with Crippen molar-refractivity contribution in [3.8, 4) is 0 Å². The molecule has 86 valence electrons. The average Bonchev–Trinajstić information content (AvgIpc) is 2.23. The Morgan fingerprint density at radius 2 is 2.25 bits per heavy atom. The van der Waals surface area contributed by atoms with Crippen molar-refractivity contribution < 1.29 is 9.90 Å². The van der Waals surface area contributed by atoms with Gasteiger partial charge in [0.2, 0.25) is 0 Å². The number of rotatable bonds is 4. The van der Waals surface area contributed by atoms with E-state index in [-0.39, 0.29) is 0 Å². The first-order valence-electron chi connectivity index (χ1n) is 5.73. The zero-order valence-corrected chi connectivity index (χ0v) is 9.44. The van der Waals surface area contributed by atoms with Crippen molar-refractivity contribution in [2.75, 3.05) is 7.05 Å². The molecule has 2 rings (SSSR count). The molecular weight excluding hydrogens is 202 g/mol. The first kappa shape index (κ1) is 11.1. The van der Waals surface area contributed by atoms with Crippen molar-refractivity contribution in [2.24, 2.45) is 5.92 Å². The Bertz CT molecular complexity index is 385. The number of benzene rings is 1. The van der Waals surface area contributed by atoms with Gasteiger partial charge in [-0.05, 0) is 43.5 Å². The van der Waals surface area contributed by atoms with Crippen LogP contribution in [0.15, 0.2) is 24.3 Å². The van der Waals surface area contributed by atoms with E-state index in [0.717, 1.165) is 5.56 Å². The molecule has 3 heteroatoms. The summed E-state index contributed by atoms with van der Waals surface area (Å²) in [4.78, 5) is 10.9. The van der Waals surface area contributed by atoms with Crippen LogP contribution in [0, 0.1) is 5.92 Å². The molecule has 1 aliphatic carbocycles. The summed E-state index contributed by atoms with van der Waals surface area (Å²) in [5, 5.41) is 12.2. The van der Waals surface area contributed by atoms with Crippen LogP contribution >= 0.6 is 0 Å². The lowest BCUT2D eigenvalue weighted by Gasteiger charge is -2.34. The van der Waals surface area contributed by atoms with E-state index in [9.17, 15) is 4.79 Å². The van der Waals surface area contributed by atoms with E-state index in [1.165, 1.54) is 19.3 Å². The van der Waals surface area contributed by atoms with Crippen molar-refractivity contribution in [3.05, 3.63) is 35.4 Å². The maximum absolute atomic E-state index is 10.9. The second-order valence-corrected chi connectivity index (χ2v) is 4.39. The molecule has 1 unspecified atom stereocenters. The van der Waals surface area contributed by atoms with Gasteiger partial charge < -0.3 is 10.4 Å². The molecule has 1 saturated carbocycles.